The van der Waals surface area contributed by atoms with E-state index >= 15 is 0 Å². The molecule has 0 aromatic rings. The van der Waals surface area contributed by atoms with E-state index in [-0.39, 0.29) is 0 Å². The Hall–Kier alpha value is -0.590. The van der Waals surface area contributed by atoms with E-state index in [1.165, 1.54) is 0 Å². The molecule has 3 atom stereocenters. The molecule has 0 spiro atoms. The highest BCUT2D eigenvalue weighted by atomic mass is 16.1. The van der Waals surface area contributed by atoms with Crippen LogP contribution in [0, 0.1) is 23.2 Å². The highest BCUT2D eigenvalue weighted by Gasteiger charge is 2.49. The maximum Gasteiger partial charge on any atom is 0.123 e. The second-order valence-corrected chi connectivity index (χ2v) is 4.37. The molecule has 1 fully saturated rings. The molecule has 0 aliphatic heterocycles. The number of hydrogen-bond acceptors (Lipinski definition) is 1. The van der Waals surface area contributed by atoms with Crippen molar-refractivity contribution >= 4 is 6.29 Å². The summed E-state index contributed by atoms with van der Waals surface area (Å²) in [6, 6.07) is 0. The fraction of sp³-hybridized carbons (Fsp3) is 0.700. The Morgan fingerprint density at radius 2 is 2.18 bits per heavy atom. The average Bonchev–Trinajstić information content (AvgIpc) is 2.40. The molecular formula is C10H14O. The molecule has 0 aromatic carbocycles. The van der Waals surface area contributed by atoms with E-state index in [1.54, 1.807) is 0 Å². The van der Waals surface area contributed by atoms with E-state index in [4.69, 9.17) is 0 Å². The lowest BCUT2D eigenvalue weighted by Gasteiger charge is -2.24. The van der Waals surface area contributed by atoms with Crippen molar-refractivity contribution in [3.63, 3.8) is 0 Å². The van der Waals surface area contributed by atoms with Crippen molar-refractivity contribution in [1.82, 2.24) is 0 Å². The van der Waals surface area contributed by atoms with Crippen molar-refractivity contribution in [2.75, 3.05) is 0 Å². The summed E-state index contributed by atoms with van der Waals surface area (Å²) in [5.74, 6) is 1.48. The van der Waals surface area contributed by atoms with E-state index in [0.29, 0.717) is 23.2 Å². The highest BCUT2D eigenvalue weighted by Crippen LogP contribution is 2.55. The number of carbonyl (C=O) groups is 1. The molecule has 1 saturated carbocycles. The van der Waals surface area contributed by atoms with Crippen LogP contribution in [-0.2, 0) is 4.79 Å². The first-order valence-electron chi connectivity index (χ1n) is 4.30. The number of allylic oxidation sites excluding steroid dienone is 2. The van der Waals surface area contributed by atoms with Crippen molar-refractivity contribution in [2.45, 2.75) is 20.3 Å². The number of fused-ring (bicyclic) bond motifs is 2. The van der Waals surface area contributed by atoms with Crippen LogP contribution in [0.4, 0.5) is 0 Å². The van der Waals surface area contributed by atoms with Crippen molar-refractivity contribution < 1.29 is 4.79 Å². The van der Waals surface area contributed by atoms with Crippen LogP contribution in [0.2, 0.25) is 0 Å². The summed E-state index contributed by atoms with van der Waals surface area (Å²) in [5, 5.41) is 0. The van der Waals surface area contributed by atoms with Gasteiger partial charge >= 0.3 is 0 Å². The molecule has 3 unspecified atom stereocenters. The SMILES string of the molecule is CC1(C)C2C=CC1C(C=O)C2. The first kappa shape index (κ1) is 7.08. The zero-order chi connectivity index (χ0) is 8.06. The smallest absolute Gasteiger partial charge is 0.123 e. The molecule has 2 bridgehead atoms. The minimum absolute atomic E-state index is 0.306. The predicted molar refractivity (Wildman–Crippen MR) is 44.1 cm³/mol. The first-order valence-corrected chi connectivity index (χ1v) is 4.30. The molecule has 0 aromatic heterocycles. The van der Waals surface area contributed by atoms with Crippen molar-refractivity contribution in [1.29, 1.82) is 0 Å². The van der Waals surface area contributed by atoms with E-state index in [1.807, 2.05) is 0 Å². The van der Waals surface area contributed by atoms with Crippen molar-refractivity contribution in [3.8, 4) is 0 Å². The van der Waals surface area contributed by atoms with Crippen molar-refractivity contribution in [2.24, 2.45) is 23.2 Å². The summed E-state index contributed by atoms with van der Waals surface area (Å²) < 4.78 is 0. The van der Waals surface area contributed by atoms with Gasteiger partial charge in [-0.3, -0.25) is 0 Å². The number of hydrogen-bond donors (Lipinski definition) is 0. The minimum Gasteiger partial charge on any atom is -0.303 e. The Kier molecular flexibility index (Phi) is 1.26. The molecule has 0 radical (unpaired) electrons. The average molecular weight is 150 g/mol. The Labute approximate surface area is 67.5 Å². The second-order valence-electron chi connectivity index (χ2n) is 4.37. The summed E-state index contributed by atoms with van der Waals surface area (Å²) in [4.78, 5) is 10.7. The number of aldehydes is 1. The molecule has 0 saturated heterocycles. The molecule has 1 nitrogen and oxygen atoms in total. The largest absolute Gasteiger partial charge is 0.303 e. The first-order chi connectivity index (χ1) is 5.16. The van der Waals surface area contributed by atoms with Gasteiger partial charge in [0.05, 0.1) is 0 Å². The van der Waals surface area contributed by atoms with Crippen molar-refractivity contribution in [3.05, 3.63) is 12.2 Å². The molecular weight excluding hydrogens is 136 g/mol. The lowest BCUT2D eigenvalue weighted by atomic mass is 9.80. The monoisotopic (exact) mass is 150 g/mol. The van der Waals surface area contributed by atoms with E-state index in [9.17, 15) is 4.79 Å². The Morgan fingerprint density at radius 1 is 1.45 bits per heavy atom. The highest BCUT2D eigenvalue weighted by molar-refractivity contribution is 5.57. The van der Waals surface area contributed by atoms with Crippen LogP contribution < -0.4 is 0 Å². The predicted octanol–water partition coefficient (Wildman–Crippen LogP) is 2.03. The normalized spacial score (nSPS) is 44.7. The van der Waals surface area contributed by atoms with Crippen LogP contribution in [0.1, 0.15) is 20.3 Å². The summed E-state index contributed by atoms with van der Waals surface area (Å²) in [6.45, 7) is 4.54. The van der Waals surface area contributed by atoms with Crippen LogP contribution >= 0.6 is 0 Å². The minimum atomic E-state index is 0.306. The topological polar surface area (TPSA) is 17.1 Å². The third-order valence-corrected chi connectivity index (χ3v) is 3.53. The number of rotatable bonds is 1. The van der Waals surface area contributed by atoms with Gasteiger partial charge < -0.3 is 4.79 Å². The van der Waals surface area contributed by atoms with Crippen LogP contribution in [-0.4, -0.2) is 6.29 Å². The molecule has 0 amide bonds. The summed E-state index contributed by atoms with van der Waals surface area (Å²) in [5.41, 5.74) is 0.353. The zero-order valence-electron chi connectivity index (χ0n) is 7.08. The Morgan fingerprint density at radius 3 is 2.45 bits per heavy atom. The molecule has 2 rings (SSSR count). The third kappa shape index (κ3) is 0.741. The standard InChI is InChI=1S/C10H14O/c1-10(2)8-3-4-9(10)7(5-8)6-11/h3-4,6-9H,5H2,1-2H3. The molecule has 2 aliphatic carbocycles. The summed E-state index contributed by atoms with van der Waals surface area (Å²) in [7, 11) is 0. The fourth-order valence-electron chi connectivity index (χ4n) is 2.65. The van der Waals surface area contributed by atoms with Gasteiger partial charge in [0.2, 0.25) is 0 Å². The van der Waals surface area contributed by atoms with Gasteiger partial charge in [0.15, 0.2) is 0 Å². The Balaban J connectivity index is 2.31. The van der Waals surface area contributed by atoms with Gasteiger partial charge in [0.1, 0.15) is 6.29 Å². The van der Waals surface area contributed by atoms with Gasteiger partial charge in [-0.1, -0.05) is 26.0 Å². The lowest BCUT2D eigenvalue weighted by molar-refractivity contribution is -0.112. The molecule has 0 N–H and O–H groups in total. The van der Waals surface area contributed by atoms with Gasteiger partial charge in [-0.25, -0.2) is 0 Å². The van der Waals surface area contributed by atoms with Crippen LogP contribution in [0.3, 0.4) is 0 Å². The fourth-order valence-corrected chi connectivity index (χ4v) is 2.65. The molecule has 1 heteroatoms. The summed E-state index contributed by atoms with van der Waals surface area (Å²) >= 11 is 0. The van der Waals surface area contributed by atoms with Gasteiger partial charge in [-0.2, -0.15) is 0 Å². The van der Waals surface area contributed by atoms with Crippen LogP contribution in [0.5, 0.6) is 0 Å². The number of carbonyl (C=O) groups excluding carboxylic acids is 1. The second kappa shape index (κ2) is 1.96. The molecule has 60 valence electrons. The quantitative estimate of drug-likeness (QED) is 0.413. The zero-order valence-corrected chi connectivity index (χ0v) is 7.08. The maximum absolute atomic E-state index is 10.7. The molecule has 0 heterocycles. The van der Waals surface area contributed by atoms with E-state index in [0.717, 1.165) is 12.7 Å². The lowest BCUT2D eigenvalue weighted by Crippen LogP contribution is -2.20. The van der Waals surface area contributed by atoms with Gasteiger partial charge in [-0.15, -0.1) is 0 Å². The third-order valence-electron chi connectivity index (χ3n) is 3.53. The maximum atomic E-state index is 10.7. The molecule has 11 heavy (non-hydrogen) atoms. The van der Waals surface area contributed by atoms with Crippen LogP contribution in [0.15, 0.2) is 12.2 Å². The van der Waals surface area contributed by atoms with E-state index in [2.05, 4.69) is 26.0 Å². The van der Waals surface area contributed by atoms with E-state index < -0.39 is 0 Å². The van der Waals surface area contributed by atoms with Crippen LogP contribution in [0.25, 0.3) is 0 Å². The van der Waals surface area contributed by atoms with Gasteiger partial charge in [-0.05, 0) is 23.7 Å². The van der Waals surface area contributed by atoms with Gasteiger partial charge in [0, 0.05) is 5.92 Å². The Bertz CT molecular complexity index is 215. The van der Waals surface area contributed by atoms with Gasteiger partial charge in [0.25, 0.3) is 0 Å². The molecule has 2 aliphatic rings. The summed E-state index contributed by atoms with van der Waals surface area (Å²) in [6.07, 6.45) is 6.73.